The monoisotopic (exact) mass is 258 g/mol. The summed E-state index contributed by atoms with van der Waals surface area (Å²) in [5, 5.41) is 0. The second-order valence-electron chi connectivity index (χ2n) is 0.0431. The van der Waals surface area contributed by atoms with Gasteiger partial charge in [0.15, 0.2) is 0 Å². The van der Waals surface area contributed by atoms with Gasteiger partial charge in [-0.2, -0.15) is 0 Å². The average molecular weight is 260 g/mol. The molecule has 6 heavy (non-hydrogen) atoms. The molecule has 0 aromatic carbocycles. The minimum atomic E-state index is 0. The fourth-order valence-electron chi connectivity index (χ4n) is 0. The number of hydrogen-bond acceptors (Lipinski definition) is 0. The molecule has 0 amide bonds. The van der Waals surface area contributed by atoms with Crippen LogP contribution < -0.4 is 24.8 Å². The zero-order valence-corrected chi connectivity index (χ0v) is 7.34. The summed E-state index contributed by atoms with van der Waals surface area (Å²) in [6, 6.07) is 0. The van der Waals surface area contributed by atoms with Crippen molar-refractivity contribution in [2.45, 2.75) is 0 Å². The predicted molar refractivity (Wildman–Crippen MR) is 11.7 cm³/mol. The molecule has 0 aromatic heterocycles. The predicted octanol–water partition coefficient (Wildman–Crippen LogP) is -4.62. The molecule has 0 bridgehead atoms. The topological polar surface area (TPSA) is 0 Å². The van der Waals surface area contributed by atoms with Crippen LogP contribution in [0.1, 0.15) is 0 Å². The summed E-state index contributed by atoms with van der Waals surface area (Å²) in [6.45, 7) is 0. The van der Waals surface area contributed by atoms with E-state index < -0.39 is 0 Å². The molecule has 0 aliphatic heterocycles. The molecular formula is Cl4CuMn. The second-order valence-corrected chi connectivity index (χ2v) is 1.60. The molecule has 46 valence electrons. The van der Waals surface area contributed by atoms with E-state index in [4.69, 9.17) is 0 Å². The van der Waals surface area contributed by atoms with E-state index in [0.29, 0.717) is 0 Å². The Morgan fingerprint density at radius 2 is 1.00 bits per heavy atom. The zero-order valence-electron chi connectivity index (χ0n) is 2.19. The van der Waals surface area contributed by atoms with Crippen LogP contribution in [0.15, 0.2) is 0 Å². The van der Waals surface area contributed by atoms with Crippen LogP contribution in [0.2, 0.25) is 0 Å². The molecule has 0 unspecified atom stereocenters. The summed E-state index contributed by atoms with van der Waals surface area (Å²) >= 11 is 0.757. The van der Waals surface area contributed by atoms with Gasteiger partial charge in [-0.05, 0) is 0 Å². The molecule has 0 atom stereocenters. The van der Waals surface area contributed by atoms with Gasteiger partial charge in [0.05, 0.1) is 0 Å². The van der Waals surface area contributed by atoms with Gasteiger partial charge in [0, 0.05) is 0 Å². The minimum Gasteiger partial charge on any atom is 2.00 e. The van der Waals surface area contributed by atoms with Gasteiger partial charge in [0.25, 0.3) is 0 Å². The van der Waals surface area contributed by atoms with E-state index in [2.05, 4.69) is 20.2 Å². The third kappa shape index (κ3) is 34.7. The number of rotatable bonds is 0. The van der Waals surface area contributed by atoms with Crippen LogP contribution >= 0.6 is 20.2 Å². The van der Waals surface area contributed by atoms with Gasteiger partial charge in [0.1, 0.15) is 0 Å². The molecule has 1 radical (unpaired) electrons. The Hall–Kier alpha value is 2.20. The second kappa shape index (κ2) is 27.0. The van der Waals surface area contributed by atoms with Crippen LogP contribution in [0.3, 0.4) is 0 Å². The fourth-order valence-corrected chi connectivity index (χ4v) is 0. The smallest absolute Gasteiger partial charge is 2.00 e. The van der Waals surface area contributed by atoms with E-state index in [1.807, 2.05) is 0 Å². The Bertz CT molecular complexity index is 7.51. The molecule has 0 N–H and O–H groups in total. The van der Waals surface area contributed by atoms with E-state index in [9.17, 15) is 0 Å². The molecule has 6 heteroatoms. The van der Waals surface area contributed by atoms with E-state index in [-0.39, 0.29) is 41.9 Å². The summed E-state index contributed by atoms with van der Waals surface area (Å²) in [5.74, 6) is 0. The first kappa shape index (κ1) is 24.1. The van der Waals surface area contributed by atoms with Crippen molar-refractivity contribution >= 4 is 20.2 Å². The first-order chi connectivity index (χ1) is 1.41. The van der Waals surface area contributed by atoms with Gasteiger partial charge in [-0.25, -0.2) is 0 Å². The normalized spacial score (nSPS) is 3.67. The van der Waals surface area contributed by atoms with E-state index in [0.717, 1.165) is 13.1 Å². The summed E-state index contributed by atoms with van der Waals surface area (Å²) < 4.78 is 0. The molecule has 0 fully saturated rings. The van der Waals surface area contributed by atoms with Crippen LogP contribution in [0.25, 0.3) is 0 Å². The van der Waals surface area contributed by atoms with E-state index in [1.165, 1.54) is 0 Å². The third-order valence-corrected chi connectivity index (χ3v) is 0. The van der Waals surface area contributed by atoms with Gasteiger partial charge >= 0.3 is 50.4 Å². The maximum Gasteiger partial charge on any atom is 2.00 e. The molecule has 0 saturated carbocycles. The van der Waals surface area contributed by atoms with Crippen molar-refractivity contribution < 1.29 is 55.0 Å². The molecule has 0 rings (SSSR count). The van der Waals surface area contributed by atoms with Gasteiger partial charge in [0.2, 0.25) is 0 Å². The van der Waals surface area contributed by atoms with Gasteiger partial charge in [-0.3, -0.25) is 0 Å². The van der Waals surface area contributed by atoms with E-state index >= 15 is 0 Å². The number of halogens is 4. The SMILES string of the molecule is [Cl-].[Cl-].[Cl][Cu][Cl].[Mn+2]. The first-order valence-corrected chi connectivity index (χ1v) is 2.82. The quantitative estimate of drug-likeness (QED) is 0.385. The Balaban J connectivity index is -0.00000000667. The summed E-state index contributed by atoms with van der Waals surface area (Å²) in [4.78, 5) is 0. The van der Waals surface area contributed by atoms with Crippen molar-refractivity contribution in [3.05, 3.63) is 0 Å². The van der Waals surface area contributed by atoms with Crippen LogP contribution in [-0.4, -0.2) is 0 Å². The van der Waals surface area contributed by atoms with Gasteiger partial charge < -0.3 is 24.8 Å². The standard InChI is InChI=1S/4ClH.Cu.Mn/h4*1H;;/q;;;;2*+2/p-4. The molecule has 0 aromatic rings. The Morgan fingerprint density at radius 1 is 1.00 bits per heavy atom. The summed E-state index contributed by atoms with van der Waals surface area (Å²) in [7, 11) is 9.34. The van der Waals surface area contributed by atoms with Crippen molar-refractivity contribution in [3.63, 3.8) is 0 Å². The molecule has 0 aliphatic carbocycles. The fraction of sp³-hybridized carbons (Fsp3) is 0. The molecule has 0 spiro atoms. The summed E-state index contributed by atoms with van der Waals surface area (Å²) in [6.07, 6.45) is 0. The number of hydrogen-bond donors (Lipinski definition) is 0. The van der Waals surface area contributed by atoms with Crippen LogP contribution in [0.4, 0.5) is 0 Å². The third-order valence-electron chi connectivity index (χ3n) is 0. The minimum absolute atomic E-state index is 0. The van der Waals surface area contributed by atoms with Crippen molar-refractivity contribution in [2.75, 3.05) is 0 Å². The Kier molecular flexibility index (Phi) is 109. The molecule has 0 aliphatic rings. The van der Waals surface area contributed by atoms with Gasteiger partial charge in [-0.15, -0.1) is 0 Å². The molecule has 0 nitrogen and oxygen atoms in total. The molecular weight excluding hydrogens is 260 g/mol. The van der Waals surface area contributed by atoms with Crippen LogP contribution in [-0.2, 0) is 30.2 Å². The van der Waals surface area contributed by atoms with Crippen molar-refractivity contribution in [3.8, 4) is 0 Å². The largest absolute Gasteiger partial charge is 2.00 e. The van der Waals surface area contributed by atoms with E-state index in [1.54, 1.807) is 0 Å². The average Bonchev–Trinajstić information content (AvgIpc) is 0.918. The summed E-state index contributed by atoms with van der Waals surface area (Å²) in [5.41, 5.74) is 0. The maximum atomic E-state index is 4.67. The van der Waals surface area contributed by atoms with Crippen molar-refractivity contribution in [1.29, 1.82) is 0 Å². The molecule has 0 heterocycles. The molecule has 0 saturated heterocycles. The zero-order chi connectivity index (χ0) is 2.71. The van der Waals surface area contributed by atoms with Crippen LogP contribution in [0, 0.1) is 0 Å². The Morgan fingerprint density at radius 3 is 1.00 bits per heavy atom. The Labute approximate surface area is 74.6 Å². The van der Waals surface area contributed by atoms with Crippen molar-refractivity contribution in [1.82, 2.24) is 0 Å². The van der Waals surface area contributed by atoms with Gasteiger partial charge in [-0.1, -0.05) is 0 Å². The maximum absolute atomic E-state index is 4.67. The van der Waals surface area contributed by atoms with Crippen LogP contribution in [0.5, 0.6) is 0 Å². The van der Waals surface area contributed by atoms with Crippen molar-refractivity contribution in [2.24, 2.45) is 0 Å². The first-order valence-electron chi connectivity index (χ1n) is 0.228.